The first-order valence-corrected chi connectivity index (χ1v) is 9.02. The van der Waals surface area contributed by atoms with Crippen molar-refractivity contribution in [1.29, 1.82) is 0 Å². The van der Waals surface area contributed by atoms with Crippen LogP contribution in [0.3, 0.4) is 0 Å². The number of aromatic nitrogens is 1. The van der Waals surface area contributed by atoms with E-state index in [0.29, 0.717) is 12.2 Å². The fraction of sp³-hybridized carbons (Fsp3) is 0.133. The molecule has 3 aromatic rings. The normalized spacial score (nSPS) is 11.7. The van der Waals surface area contributed by atoms with Crippen molar-refractivity contribution in [3.05, 3.63) is 58.2 Å². The van der Waals surface area contributed by atoms with Crippen molar-refractivity contribution in [1.82, 2.24) is 4.57 Å². The van der Waals surface area contributed by atoms with Gasteiger partial charge in [0.15, 0.2) is 0 Å². The number of hydrogen-bond acceptors (Lipinski definition) is 4. The first-order chi connectivity index (χ1) is 10.5. The number of hydrogen-bond donors (Lipinski definition) is 1. The molecule has 2 aromatic carbocycles. The van der Waals surface area contributed by atoms with Gasteiger partial charge in [0.05, 0.1) is 20.8 Å². The topological polar surface area (TPSA) is 68.2 Å². The lowest BCUT2D eigenvalue weighted by molar-refractivity contribution is 0.601. The number of sulfonamides is 1. The Bertz CT molecular complexity index is 973. The van der Waals surface area contributed by atoms with Crippen molar-refractivity contribution in [3.8, 4) is 0 Å². The third-order valence-electron chi connectivity index (χ3n) is 3.29. The number of anilines is 1. The van der Waals surface area contributed by atoms with Crippen LogP contribution in [0.25, 0.3) is 10.2 Å². The Kier molecular flexibility index (Phi) is 3.76. The van der Waals surface area contributed by atoms with Gasteiger partial charge in [0.1, 0.15) is 0 Å². The highest BCUT2D eigenvalue weighted by atomic mass is 32.2. The van der Waals surface area contributed by atoms with Gasteiger partial charge in [0, 0.05) is 6.54 Å². The smallest absolute Gasteiger partial charge is 0.299 e. The molecule has 0 fully saturated rings. The number of benzene rings is 2. The Balaban J connectivity index is 2.00. The molecule has 0 atom stereocenters. The predicted octanol–water partition coefficient (Wildman–Crippen LogP) is 2.88. The largest absolute Gasteiger partial charge is 0.308 e. The van der Waals surface area contributed by atoms with Crippen LogP contribution in [-0.4, -0.2) is 13.0 Å². The van der Waals surface area contributed by atoms with Crippen LogP contribution in [0.1, 0.15) is 6.92 Å². The summed E-state index contributed by atoms with van der Waals surface area (Å²) in [6.45, 7) is 2.49. The zero-order valence-corrected chi connectivity index (χ0v) is 13.4. The molecule has 0 radical (unpaired) electrons. The highest BCUT2D eigenvalue weighted by molar-refractivity contribution is 7.92. The molecule has 22 heavy (non-hydrogen) atoms. The van der Waals surface area contributed by atoms with Crippen LogP contribution in [0.5, 0.6) is 0 Å². The van der Waals surface area contributed by atoms with Crippen LogP contribution in [0, 0.1) is 0 Å². The zero-order chi connectivity index (χ0) is 15.7. The molecule has 3 rings (SSSR count). The number of aryl methyl sites for hydroxylation is 1. The summed E-state index contributed by atoms with van der Waals surface area (Å²) in [5.41, 5.74) is 1.26. The van der Waals surface area contributed by atoms with Crippen LogP contribution < -0.4 is 9.60 Å². The lowest BCUT2D eigenvalue weighted by Crippen LogP contribution is -2.12. The number of rotatable bonds is 4. The van der Waals surface area contributed by atoms with Gasteiger partial charge in [0.25, 0.3) is 10.0 Å². The van der Waals surface area contributed by atoms with E-state index in [1.807, 2.05) is 6.92 Å². The van der Waals surface area contributed by atoms with Gasteiger partial charge in [-0.05, 0) is 37.3 Å². The lowest BCUT2D eigenvalue weighted by atomic mass is 10.3. The molecule has 5 nitrogen and oxygen atoms in total. The van der Waals surface area contributed by atoms with Crippen LogP contribution in [-0.2, 0) is 16.6 Å². The van der Waals surface area contributed by atoms with Gasteiger partial charge in [-0.25, -0.2) is 8.42 Å². The minimum atomic E-state index is -3.62. The molecule has 114 valence electrons. The minimum absolute atomic E-state index is 0.0411. The molecular weight excluding hydrogens is 320 g/mol. The molecule has 0 amide bonds. The maximum atomic E-state index is 12.3. The Labute approximate surface area is 131 Å². The van der Waals surface area contributed by atoms with Gasteiger partial charge < -0.3 is 0 Å². The summed E-state index contributed by atoms with van der Waals surface area (Å²) >= 11 is 1.11. The molecule has 0 unspecified atom stereocenters. The van der Waals surface area contributed by atoms with Crippen molar-refractivity contribution < 1.29 is 8.42 Å². The zero-order valence-electron chi connectivity index (χ0n) is 11.8. The molecule has 0 aliphatic carbocycles. The third kappa shape index (κ3) is 2.65. The van der Waals surface area contributed by atoms with E-state index in [9.17, 15) is 13.2 Å². The van der Waals surface area contributed by atoms with Crippen LogP contribution in [0.2, 0.25) is 0 Å². The van der Waals surface area contributed by atoms with Crippen molar-refractivity contribution in [2.45, 2.75) is 18.4 Å². The fourth-order valence-corrected chi connectivity index (χ4v) is 4.31. The van der Waals surface area contributed by atoms with E-state index in [1.54, 1.807) is 41.0 Å². The lowest BCUT2D eigenvalue weighted by Gasteiger charge is -2.08. The molecule has 7 heteroatoms. The van der Waals surface area contributed by atoms with E-state index < -0.39 is 10.0 Å². The molecule has 0 aliphatic rings. The molecule has 1 N–H and O–H groups in total. The number of thiazole rings is 1. The maximum Gasteiger partial charge on any atom is 0.308 e. The van der Waals surface area contributed by atoms with Gasteiger partial charge in [-0.3, -0.25) is 14.1 Å². The Morgan fingerprint density at radius 1 is 1.14 bits per heavy atom. The molecule has 0 saturated heterocycles. The van der Waals surface area contributed by atoms with E-state index in [0.717, 1.165) is 21.6 Å². The highest BCUT2D eigenvalue weighted by Crippen LogP contribution is 2.23. The average molecular weight is 334 g/mol. The SMILES string of the molecule is CCn1c(=O)sc2cc(NS(=O)(=O)c3ccccc3)ccc21. The Hall–Kier alpha value is -2.12. The summed E-state index contributed by atoms with van der Waals surface area (Å²) in [7, 11) is -3.62. The first kappa shape index (κ1) is 14.8. The number of nitrogens with one attached hydrogen (secondary N) is 1. The second-order valence-electron chi connectivity index (χ2n) is 4.71. The van der Waals surface area contributed by atoms with Gasteiger partial charge in [0.2, 0.25) is 0 Å². The number of nitrogens with zero attached hydrogens (tertiary/aromatic N) is 1. The Morgan fingerprint density at radius 3 is 2.55 bits per heavy atom. The molecular formula is C15H14N2O3S2. The van der Waals surface area contributed by atoms with Crippen LogP contribution in [0.15, 0.2) is 58.2 Å². The summed E-state index contributed by atoms with van der Waals surface area (Å²) in [5, 5.41) is 0. The van der Waals surface area contributed by atoms with Crippen LogP contribution >= 0.6 is 11.3 Å². The molecule has 1 aromatic heterocycles. The minimum Gasteiger partial charge on any atom is -0.299 e. The quantitative estimate of drug-likeness (QED) is 0.798. The molecule has 0 aliphatic heterocycles. The van der Waals surface area contributed by atoms with Crippen molar-refractivity contribution in [2.24, 2.45) is 0 Å². The monoisotopic (exact) mass is 334 g/mol. The van der Waals surface area contributed by atoms with Gasteiger partial charge in [-0.2, -0.15) is 0 Å². The summed E-state index contributed by atoms with van der Waals surface area (Å²) in [4.78, 5) is 12.0. The standard InChI is InChI=1S/C15H14N2O3S2/c1-2-17-13-9-8-11(10-14(13)21-15(17)18)16-22(19,20)12-6-4-3-5-7-12/h3-10,16H,2H2,1H3. The summed E-state index contributed by atoms with van der Waals surface area (Å²) < 4.78 is 29.5. The second-order valence-corrected chi connectivity index (χ2v) is 7.39. The second kappa shape index (κ2) is 5.58. The fourth-order valence-electron chi connectivity index (χ4n) is 2.24. The average Bonchev–Trinajstić information content (AvgIpc) is 2.82. The molecule has 0 bridgehead atoms. The van der Waals surface area contributed by atoms with E-state index >= 15 is 0 Å². The molecule has 1 heterocycles. The van der Waals surface area contributed by atoms with Crippen molar-refractivity contribution in [3.63, 3.8) is 0 Å². The summed E-state index contributed by atoms with van der Waals surface area (Å²) in [5.74, 6) is 0. The third-order valence-corrected chi connectivity index (χ3v) is 5.63. The van der Waals surface area contributed by atoms with Gasteiger partial charge in [-0.1, -0.05) is 29.5 Å². The van der Waals surface area contributed by atoms with Crippen LogP contribution in [0.4, 0.5) is 5.69 Å². The van der Waals surface area contributed by atoms with E-state index in [1.165, 1.54) is 12.1 Å². The summed E-state index contributed by atoms with van der Waals surface area (Å²) in [6.07, 6.45) is 0. The maximum absolute atomic E-state index is 12.3. The van der Waals surface area contributed by atoms with Crippen molar-refractivity contribution >= 4 is 37.3 Å². The Morgan fingerprint density at radius 2 is 1.86 bits per heavy atom. The highest BCUT2D eigenvalue weighted by Gasteiger charge is 2.14. The predicted molar refractivity (Wildman–Crippen MR) is 89.0 cm³/mol. The van der Waals surface area contributed by atoms with Gasteiger partial charge >= 0.3 is 4.87 Å². The first-order valence-electron chi connectivity index (χ1n) is 6.72. The van der Waals surface area contributed by atoms with Crippen molar-refractivity contribution in [2.75, 3.05) is 4.72 Å². The van der Waals surface area contributed by atoms with E-state index in [-0.39, 0.29) is 9.77 Å². The number of fused-ring (bicyclic) bond motifs is 1. The summed E-state index contributed by atoms with van der Waals surface area (Å²) in [6, 6.07) is 13.3. The molecule has 0 spiro atoms. The van der Waals surface area contributed by atoms with Gasteiger partial charge in [-0.15, -0.1) is 0 Å². The van der Waals surface area contributed by atoms with E-state index in [2.05, 4.69) is 4.72 Å². The van der Waals surface area contributed by atoms with E-state index in [4.69, 9.17) is 0 Å². The molecule has 0 saturated carbocycles.